The number of fused-ring (bicyclic) bond motifs is 2. The molecule has 1 aliphatic heterocycles. The van der Waals surface area contributed by atoms with E-state index in [1.807, 2.05) is 37.1 Å². The number of sulfone groups is 1. The third-order valence-corrected chi connectivity index (χ3v) is 6.47. The number of aryl methyl sites for hydroxylation is 1. The SMILES string of the molecule is Cc1cccc2c1N(C)c1nc(Nc3ccc(S(C)(=O)=O)cc3)ncc1N(C)C(=O)C2. The smallest absolute Gasteiger partial charge is 0.231 e. The van der Waals surface area contributed by atoms with Gasteiger partial charge in [0.05, 0.1) is 17.5 Å². The molecule has 160 valence electrons. The van der Waals surface area contributed by atoms with Gasteiger partial charge < -0.3 is 15.1 Å². The second kappa shape index (κ2) is 7.66. The second-order valence-corrected chi connectivity index (χ2v) is 9.61. The molecule has 0 aliphatic carbocycles. The fourth-order valence-electron chi connectivity index (χ4n) is 3.69. The van der Waals surface area contributed by atoms with Crippen LogP contribution >= 0.6 is 0 Å². The van der Waals surface area contributed by atoms with Crippen molar-refractivity contribution in [3.63, 3.8) is 0 Å². The number of amides is 1. The highest BCUT2D eigenvalue weighted by Gasteiger charge is 2.26. The Morgan fingerprint density at radius 2 is 1.74 bits per heavy atom. The normalized spacial score (nSPS) is 13.9. The largest absolute Gasteiger partial charge is 0.327 e. The fourth-order valence-corrected chi connectivity index (χ4v) is 4.32. The predicted molar refractivity (Wildman–Crippen MR) is 121 cm³/mol. The van der Waals surface area contributed by atoms with Crippen molar-refractivity contribution in [3.8, 4) is 0 Å². The summed E-state index contributed by atoms with van der Waals surface area (Å²) in [6.07, 6.45) is 3.08. The molecule has 0 spiro atoms. The fraction of sp³-hybridized carbons (Fsp3) is 0.227. The van der Waals surface area contributed by atoms with Gasteiger partial charge in [-0.1, -0.05) is 18.2 Å². The third kappa shape index (κ3) is 3.96. The van der Waals surface area contributed by atoms with Crippen LogP contribution in [0.4, 0.5) is 28.8 Å². The minimum absolute atomic E-state index is 0.0399. The number of likely N-dealkylation sites (N-methyl/N-ethyl adjacent to an activating group) is 1. The highest BCUT2D eigenvalue weighted by molar-refractivity contribution is 7.90. The zero-order valence-corrected chi connectivity index (χ0v) is 18.6. The van der Waals surface area contributed by atoms with E-state index in [1.54, 1.807) is 30.3 Å². The molecule has 1 aliphatic rings. The quantitative estimate of drug-likeness (QED) is 0.672. The maximum atomic E-state index is 12.8. The van der Waals surface area contributed by atoms with E-state index in [2.05, 4.69) is 15.3 Å². The monoisotopic (exact) mass is 437 g/mol. The molecular weight excluding hydrogens is 414 g/mol. The minimum atomic E-state index is -3.27. The maximum Gasteiger partial charge on any atom is 0.231 e. The number of benzene rings is 2. The second-order valence-electron chi connectivity index (χ2n) is 7.60. The van der Waals surface area contributed by atoms with Crippen LogP contribution in [-0.2, 0) is 21.1 Å². The number of rotatable bonds is 3. The van der Waals surface area contributed by atoms with Crippen LogP contribution in [0.2, 0.25) is 0 Å². The minimum Gasteiger partial charge on any atom is -0.327 e. The summed E-state index contributed by atoms with van der Waals surface area (Å²) in [5.41, 5.74) is 4.20. The number of nitrogens with one attached hydrogen (secondary N) is 1. The molecule has 1 N–H and O–H groups in total. The lowest BCUT2D eigenvalue weighted by Crippen LogP contribution is -2.33. The lowest BCUT2D eigenvalue weighted by molar-refractivity contribution is -0.117. The number of anilines is 5. The van der Waals surface area contributed by atoms with Gasteiger partial charge in [0.1, 0.15) is 5.69 Å². The molecule has 4 rings (SSSR count). The standard InChI is InChI=1S/C22H23N5O3S/c1-14-6-5-7-15-12-19(28)26(2)18-13-23-22(25-21(18)27(3)20(14)15)24-16-8-10-17(11-9-16)31(4,29)30/h5-11,13H,12H2,1-4H3,(H,23,24,25). The Morgan fingerprint density at radius 3 is 2.42 bits per heavy atom. The van der Waals surface area contributed by atoms with Gasteiger partial charge in [-0.15, -0.1) is 0 Å². The van der Waals surface area contributed by atoms with Crippen LogP contribution in [0.15, 0.2) is 53.6 Å². The number of nitrogens with zero attached hydrogens (tertiary/aromatic N) is 4. The summed E-state index contributed by atoms with van der Waals surface area (Å²) < 4.78 is 23.3. The van der Waals surface area contributed by atoms with Crippen molar-refractivity contribution in [2.75, 3.05) is 35.5 Å². The van der Waals surface area contributed by atoms with Crippen molar-refractivity contribution in [3.05, 3.63) is 59.8 Å². The lowest BCUT2D eigenvalue weighted by Gasteiger charge is -2.31. The van der Waals surface area contributed by atoms with Gasteiger partial charge in [-0.3, -0.25) is 4.79 Å². The van der Waals surface area contributed by atoms with Crippen LogP contribution < -0.4 is 15.1 Å². The van der Waals surface area contributed by atoms with Gasteiger partial charge in [0.15, 0.2) is 15.7 Å². The highest BCUT2D eigenvalue weighted by Crippen LogP contribution is 2.38. The summed E-state index contributed by atoms with van der Waals surface area (Å²) in [6, 6.07) is 12.3. The molecule has 9 heteroatoms. The first-order chi connectivity index (χ1) is 14.6. The molecule has 0 unspecified atom stereocenters. The summed E-state index contributed by atoms with van der Waals surface area (Å²) in [5, 5.41) is 3.11. The zero-order chi connectivity index (χ0) is 22.3. The molecule has 8 nitrogen and oxygen atoms in total. The number of hydrogen-bond donors (Lipinski definition) is 1. The molecule has 2 aromatic carbocycles. The van der Waals surface area contributed by atoms with Crippen molar-refractivity contribution in [1.29, 1.82) is 0 Å². The molecule has 1 aromatic heterocycles. The van der Waals surface area contributed by atoms with Crippen LogP contribution in [-0.4, -0.2) is 44.6 Å². The van der Waals surface area contributed by atoms with Crippen LogP contribution in [0, 0.1) is 6.92 Å². The van der Waals surface area contributed by atoms with Gasteiger partial charge in [-0.2, -0.15) is 4.98 Å². The summed E-state index contributed by atoms with van der Waals surface area (Å²) in [7, 11) is 0.375. The highest BCUT2D eigenvalue weighted by atomic mass is 32.2. The Hall–Kier alpha value is -3.46. The molecule has 3 aromatic rings. The van der Waals surface area contributed by atoms with Crippen molar-refractivity contribution in [2.45, 2.75) is 18.2 Å². The zero-order valence-electron chi connectivity index (χ0n) is 17.7. The lowest BCUT2D eigenvalue weighted by atomic mass is 10.0. The summed E-state index contributed by atoms with van der Waals surface area (Å²) in [5.74, 6) is 0.896. The Labute approximate surface area is 181 Å². The molecule has 0 radical (unpaired) electrons. The number of para-hydroxylation sites is 1. The Morgan fingerprint density at radius 1 is 1.03 bits per heavy atom. The van der Waals surface area contributed by atoms with Gasteiger partial charge in [0, 0.05) is 31.7 Å². The molecule has 2 heterocycles. The molecule has 0 saturated carbocycles. The van der Waals surface area contributed by atoms with Gasteiger partial charge in [-0.25, -0.2) is 13.4 Å². The molecule has 31 heavy (non-hydrogen) atoms. The first-order valence-electron chi connectivity index (χ1n) is 9.68. The van der Waals surface area contributed by atoms with Crippen molar-refractivity contribution in [2.24, 2.45) is 0 Å². The van der Waals surface area contributed by atoms with Crippen LogP contribution in [0.1, 0.15) is 11.1 Å². The average Bonchev–Trinajstić information content (AvgIpc) is 2.72. The third-order valence-electron chi connectivity index (χ3n) is 5.34. The Balaban J connectivity index is 1.75. The summed E-state index contributed by atoms with van der Waals surface area (Å²) in [4.78, 5) is 25.6. The van der Waals surface area contributed by atoms with Gasteiger partial charge in [-0.05, 0) is 42.3 Å². The van der Waals surface area contributed by atoms with E-state index in [1.165, 1.54) is 18.4 Å². The van der Waals surface area contributed by atoms with E-state index in [4.69, 9.17) is 0 Å². The first kappa shape index (κ1) is 20.8. The maximum absolute atomic E-state index is 12.8. The number of carbonyl (C=O) groups excluding carboxylic acids is 1. The van der Waals surface area contributed by atoms with E-state index in [0.29, 0.717) is 29.6 Å². The van der Waals surface area contributed by atoms with E-state index < -0.39 is 9.84 Å². The Kier molecular flexibility index (Phi) is 5.14. The van der Waals surface area contributed by atoms with Crippen LogP contribution in [0.5, 0.6) is 0 Å². The topological polar surface area (TPSA) is 95.5 Å². The summed E-state index contributed by atoms with van der Waals surface area (Å²) >= 11 is 0. The molecule has 0 fully saturated rings. The van der Waals surface area contributed by atoms with Crippen molar-refractivity contribution >= 4 is 44.6 Å². The van der Waals surface area contributed by atoms with E-state index >= 15 is 0 Å². The van der Waals surface area contributed by atoms with E-state index in [0.717, 1.165) is 16.8 Å². The van der Waals surface area contributed by atoms with Crippen LogP contribution in [0.25, 0.3) is 0 Å². The molecule has 0 saturated heterocycles. The molecule has 0 bridgehead atoms. The van der Waals surface area contributed by atoms with Crippen LogP contribution in [0.3, 0.4) is 0 Å². The van der Waals surface area contributed by atoms with E-state index in [9.17, 15) is 13.2 Å². The number of aromatic nitrogens is 2. The number of carbonyl (C=O) groups is 1. The molecule has 1 amide bonds. The van der Waals surface area contributed by atoms with Gasteiger partial charge in [0.25, 0.3) is 0 Å². The predicted octanol–water partition coefficient (Wildman–Crippen LogP) is 3.22. The number of hydrogen-bond acceptors (Lipinski definition) is 7. The summed E-state index contributed by atoms with van der Waals surface area (Å²) in [6.45, 7) is 2.01. The van der Waals surface area contributed by atoms with E-state index in [-0.39, 0.29) is 10.8 Å². The van der Waals surface area contributed by atoms with Gasteiger partial charge in [0.2, 0.25) is 11.9 Å². The molecule has 0 atom stereocenters. The Bertz CT molecular complexity index is 1270. The first-order valence-corrected chi connectivity index (χ1v) is 11.6. The van der Waals surface area contributed by atoms with Crippen molar-refractivity contribution < 1.29 is 13.2 Å². The average molecular weight is 438 g/mol. The molecular formula is C22H23N5O3S. The van der Waals surface area contributed by atoms with Crippen molar-refractivity contribution in [1.82, 2.24) is 9.97 Å². The van der Waals surface area contributed by atoms with Gasteiger partial charge >= 0.3 is 0 Å².